The normalized spacial score (nSPS) is 18.8. The molecule has 5 nitrogen and oxygen atoms in total. The topological polar surface area (TPSA) is 61.4 Å². The van der Waals surface area contributed by atoms with Crippen LogP contribution in [0.15, 0.2) is 17.5 Å². The van der Waals surface area contributed by atoms with E-state index in [1.165, 1.54) is 24.2 Å². The van der Waals surface area contributed by atoms with E-state index in [2.05, 4.69) is 36.3 Å². The minimum Gasteiger partial charge on any atom is -0.353 e. The lowest BCUT2D eigenvalue weighted by Gasteiger charge is -2.39. The average Bonchev–Trinajstić information content (AvgIpc) is 3.10. The molecule has 0 aromatic carbocycles. The molecule has 0 unspecified atom stereocenters. The van der Waals surface area contributed by atoms with Gasteiger partial charge in [0.05, 0.1) is 4.88 Å². The third kappa shape index (κ3) is 5.82. The van der Waals surface area contributed by atoms with E-state index < -0.39 is 6.04 Å². The summed E-state index contributed by atoms with van der Waals surface area (Å²) in [5, 5.41) is 7.65. The lowest BCUT2D eigenvalue weighted by molar-refractivity contribution is -0.123. The molecule has 1 aliphatic rings. The third-order valence-electron chi connectivity index (χ3n) is 5.03. The van der Waals surface area contributed by atoms with Gasteiger partial charge in [0.2, 0.25) is 5.91 Å². The number of hydrogen-bond acceptors (Lipinski definition) is 4. The molecule has 0 saturated carbocycles. The van der Waals surface area contributed by atoms with Crippen LogP contribution >= 0.6 is 11.3 Å². The maximum atomic E-state index is 12.4. The molecule has 0 aliphatic carbocycles. The number of carbonyl (C=O) groups excluding carboxylic acids is 2. The van der Waals surface area contributed by atoms with Gasteiger partial charge in [0.25, 0.3) is 5.91 Å². The van der Waals surface area contributed by atoms with E-state index in [1.54, 1.807) is 13.0 Å². The van der Waals surface area contributed by atoms with Gasteiger partial charge in [0.15, 0.2) is 0 Å². The van der Waals surface area contributed by atoms with E-state index in [4.69, 9.17) is 0 Å². The molecule has 25 heavy (non-hydrogen) atoms. The zero-order valence-electron chi connectivity index (χ0n) is 15.7. The van der Waals surface area contributed by atoms with Crippen molar-refractivity contribution in [3.05, 3.63) is 22.4 Å². The number of thiophene rings is 1. The van der Waals surface area contributed by atoms with E-state index in [-0.39, 0.29) is 11.8 Å². The predicted octanol–water partition coefficient (Wildman–Crippen LogP) is 2.74. The Morgan fingerprint density at radius 3 is 2.52 bits per heavy atom. The van der Waals surface area contributed by atoms with Crippen LogP contribution in [0.4, 0.5) is 0 Å². The Bertz CT molecular complexity index is 551. The van der Waals surface area contributed by atoms with Crippen molar-refractivity contribution in [2.75, 3.05) is 19.6 Å². The van der Waals surface area contributed by atoms with Crippen molar-refractivity contribution < 1.29 is 9.59 Å². The quantitative estimate of drug-likeness (QED) is 0.781. The van der Waals surface area contributed by atoms with Crippen molar-refractivity contribution in [3.63, 3.8) is 0 Å². The molecule has 6 heteroatoms. The molecule has 2 amide bonds. The first-order chi connectivity index (χ1) is 11.9. The van der Waals surface area contributed by atoms with Crippen LogP contribution in [-0.2, 0) is 4.79 Å². The van der Waals surface area contributed by atoms with E-state index in [0.717, 1.165) is 19.0 Å². The highest BCUT2D eigenvalue weighted by Crippen LogP contribution is 2.21. The lowest BCUT2D eigenvalue weighted by Crippen LogP contribution is -2.52. The zero-order valence-corrected chi connectivity index (χ0v) is 16.6. The number of nitrogens with zero attached hydrogens (tertiary/aromatic N) is 1. The van der Waals surface area contributed by atoms with Gasteiger partial charge in [-0.3, -0.25) is 14.5 Å². The molecule has 1 aromatic heterocycles. The summed E-state index contributed by atoms with van der Waals surface area (Å²) in [4.78, 5) is 27.6. The molecule has 1 saturated heterocycles. The largest absolute Gasteiger partial charge is 0.353 e. The van der Waals surface area contributed by atoms with Gasteiger partial charge in [-0.2, -0.15) is 0 Å². The van der Waals surface area contributed by atoms with Crippen LogP contribution in [0.1, 0.15) is 50.2 Å². The zero-order chi connectivity index (χ0) is 18.4. The number of likely N-dealkylation sites (tertiary alicyclic amines) is 1. The van der Waals surface area contributed by atoms with Crippen molar-refractivity contribution >= 4 is 23.2 Å². The Balaban J connectivity index is 1.82. The first kappa shape index (κ1) is 19.9. The summed E-state index contributed by atoms with van der Waals surface area (Å²) >= 11 is 1.38. The second kappa shape index (κ2) is 9.34. The number of hydrogen-bond donors (Lipinski definition) is 2. The highest BCUT2D eigenvalue weighted by atomic mass is 32.1. The molecule has 0 bridgehead atoms. The number of carbonyl (C=O) groups is 2. The number of amides is 2. The first-order valence-corrected chi connectivity index (χ1v) is 10.1. The summed E-state index contributed by atoms with van der Waals surface area (Å²) in [6.07, 6.45) is 2.45. The minimum atomic E-state index is -0.538. The van der Waals surface area contributed by atoms with E-state index >= 15 is 0 Å². The van der Waals surface area contributed by atoms with Crippen LogP contribution in [0.5, 0.6) is 0 Å². The summed E-state index contributed by atoms with van der Waals surface area (Å²) in [5.74, 6) is 0.958. The molecular formula is C19H31N3O2S. The van der Waals surface area contributed by atoms with Crippen molar-refractivity contribution in [1.82, 2.24) is 15.5 Å². The van der Waals surface area contributed by atoms with Crippen LogP contribution in [0.2, 0.25) is 0 Å². The fourth-order valence-electron chi connectivity index (χ4n) is 3.25. The summed E-state index contributed by atoms with van der Waals surface area (Å²) in [6, 6.07) is 3.40. The Labute approximate surface area is 155 Å². The highest BCUT2D eigenvalue weighted by Gasteiger charge is 2.26. The smallest absolute Gasteiger partial charge is 0.261 e. The third-order valence-corrected chi connectivity index (χ3v) is 5.90. The monoisotopic (exact) mass is 365 g/mol. The highest BCUT2D eigenvalue weighted by molar-refractivity contribution is 7.12. The second-order valence-corrected chi connectivity index (χ2v) is 8.40. The van der Waals surface area contributed by atoms with Crippen molar-refractivity contribution in [2.24, 2.45) is 11.8 Å². The van der Waals surface area contributed by atoms with Gasteiger partial charge in [0.1, 0.15) is 6.04 Å². The van der Waals surface area contributed by atoms with Gasteiger partial charge in [-0.15, -0.1) is 11.3 Å². The Morgan fingerprint density at radius 2 is 1.96 bits per heavy atom. The van der Waals surface area contributed by atoms with Crippen LogP contribution in [-0.4, -0.2) is 48.4 Å². The Morgan fingerprint density at radius 1 is 1.28 bits per heavy atom. The fourth-order valence-corrected chi connectivity index (χ4v) is 3.87. The lowest BCUT2D eigenvalue weighted by atomic mass is 9.94. The van der Waals surface area contributed by atoms with Crippen molar-refractivity contribution in [3.8, 4) is 0 Å². The molecule has 1 aliphatic heterocycles. The average molecular weight is 366 g/mol. The molecule has 1 fully saturated rings. The van der Waals surface area contributed by atoms with E-state index in [0.29, 0.717) is 23.4 Å². The van der Waals surface area contributed by atoms with E-state index in [9.17, 15) is 9.59 Å². The molecule has 1 aromatic rings. The van der Waals surface area contributed by atoms with Crippen molar-refractivity contribution in [1.29, 1.82) is 0 Å². The fraction of sp³-hybridized carbons (Fsp3) is 0.684. The molecule has 0 radical (unpaired) electrons. The summed E-state index contributed by atoms with van der Waals surface area (Å²) in [6.45, 7) is 11.3. The molecule has 2 heterocycles. The summed E-state index contributed by atoms with van der Waals surface area (Å²) < 4.78 is 0. The van der Waals surface area contributed by atoms with Crippen molar-refractivity contribution in [2.45, 2.75) is 52.6 Å². The van der Waals surface area contributed by atoms with Gasteiger partial charge >= 0.3 is 0 Å². The maximum Gasteiger partial charge on any atom is 0.261 e. The number of rotatable bonds is 7. The predicted molar refractivity (Wildman–Crippen MR) is 103 cm³/mol. The number of piperidine rings is 1. The summed E-state index contributed by atoms with van der Waals surface area (Å²) in [7, 11) is 0. The molecule has 2 atom stereocenters. The van der Waals surface area contributed by atoms with Gasteiger partial charge in [-0.1, -0.05) is 26.8 Å². The number of nitrogens with one attached hydrogen (secondary N) is 2. The molecule has 2 N–H and O–H groups in total. The van der Waals surface area contributed by atoms with Gasteiger partial charge < -0.3 is 10.6 Å². The van der Waals surface area contributed by atoms with Gasteiger partial charge in [-0.25, -0.2) is 0 Å². The Kier molecular flexibility index (Phi) is 7.44. The van der Waals surface area contributed by atoms with E-state index in [1.807, 2.05) is 11.4 Å². The van der Waals surface area contributed by atoms with Crippen LogP contribution in [0.25, 0.3) is 0 Å². The maximum absolute atomic E-state index is 12.4. The van der Waals surface area contributed by atoms with Gasteiger partial charge in [-0.05, 0) is 56.1 Å². The van der Waals surface area contributed by atoms with Crippen LogP contribution in [0, 0.1) is 11.8 Å². The molecule has 0 spiro atoms. The molecular weight excluding hydrogens is 334 g/mol. The Hall–Kier alpha value is -1.40. The van der Waals surface area contributed by atoms with Gasteiger partial charge in [0, 0.05) is 12.6 Å². The minimum absolute atomic E-state index is 0.124. The van der Waals surface area contributed by atoms with Crippen LogP contribution < -0.4 is 10.6 Å². The molecule has 2 rings (SSSR count). The summed E-state index contributed by atoms with van der Waals surface area (Å²) in [5.41, 5.74) is 0. The molecule has 140 valence electrons. The second-order valence-electron chi connectivity index (χ2n) is 7.45. The van der Waals surface area contributed by atoms with Crippen LogP contribution in [0.3, 0.4) is 0 Å². The standard InChI is InChI=1S/C19H31N3O2S/c1-13(2)16(22-9-7-14(3)8-10-22)12-20-18(23)15(4)21-19(24)17-6-5-11-25-17/h5-6,11,13-16H,7-10,12H2,1-4H3,(H,20,23)(H,21,24)/t15-,16+/m0/s1. The first-order valence-electron chi connectivity index (χ1n) is 9.24. The SMILES string of the molecule is CC1CCN([C@H](CNC(=O)[C@H](C)NC(=O)c2cccs2)C(C)C)CC1.